The third-order valence-electron chi connectivity index (χ3n) is 3.66. The Morgan fingerprint density at radius 1 is 1.32 bits per heavy atom. The maximum absolute atomic E-state index is 11.9. The smallest absolute Gasteiger partial charge is 0.269 e. The summed E-state index contributed by atoms with van der Waals surface area (Å²) in [5, 5.41) is 0. The van der Waals surface area contributed by atoms with Gasteiger partial charge in [-0.15, -0.1) is 0 Å². The Balaban J connectivity index is 1.88. The lowest BCUT2D eigenvalue weighted by Gasteiger charge is -2.27. The zero-order valence-electron chi connectivity index (χ0n) is 9.94. The Morgan fingerprint density at radius 2 is 2.16 bits per heavy atom. The standard InChI is InChI=1S/C13H11NO4S/c15-9-5-8(11-6-16-12(9)17-11)14-7-3-1-2-4-10(7)18-13(14)19/h1-4,8,11-12H,5-6H2/t8-,11-,12+/m1/s1. The molecule has 0 spiro atoms. The molecule has 2 aliphatic rings. The summed E-state index contributed by atoms with van der Waals surface area (Å²) < 4.78 is 18.3. The zero-order valence-corrected chi connectivity index (χ0v) is 10.8. The molecule has 2 saturated heterocycles. The number of carbonyl (C=O) groups is 1. The van der Waals surface area contributed by atoms with Crippen LogP contribution >= 0.6 is 12.2 Å². The number of hydrogen-bond acceptors (Lipinski definition) is 5. The van der Waals surface area contributed by atoms with Gasteiger partial charge in [0.05, 0.1) is 18.2 Å². The molecule has 1 aromatic heterocycles. The summed E-state index contributed by atoms with van der Waals surface area (Å²) >= 11 is 5.28. The van der Waals surface area contributed by atoms with Gasteiger partial charge >= 0.3 is 0 Å². The van der Waals surface area contributed by atoms with Crippen molar-refractivity contribution < 1.29 is 18.7 Å². The molecule has 0 saturated carbocycles. The summed E-state index contributed by atoms with van der Waals surface area (Å²) in [6, 6.07) is 7.45. The molecule has 3 heterocycles. The fourth-order valence-electron chi connectivity index (χ4n) is 2.78. The van der Waals surface area contributed by atoms with Crippen LogP contribution in [0.5, 0.6) is 0 Å². The number of fused-ring (bicyclic) bond motifs is 3. The third-order valence-corrected chi connectivity index (χ3v) is 3.94. The van der Waals surface area contributed by atoms with Gasteiger partial charge in [0.1, 0.15) is 6.10 Å². The molecule has 98 valence electrons. The summed E-state index contributed by atoms with van der Waals surface area (Å²) in [4.78, 5) is 12.2. The molecule has 1 aromatic carbocycles. The van der Waals surface area contributed by atoms with E-state index in [1.54, 1.807) is 0 Å². The molecule has 5 nitrogen and oxygen atoms in total. The average Bonchev–Trinajstić information content (AvgIpc) is 2.96. The first-order valence-corrected chi connectivity index (χ1v) is 6.55. The molecule has 19 heavy (non-hydrogen) atoms. The Bertz CT molecular complexity index is 719. The second-order valence-corrected chi connectivity index (χ2v) is 5.13. The maximum atomic E-state index is 11.9. The van der Waals surface area contributed by atoms with Crippen molar-refractivity contribution in [3.05, 3.63) is 29.1 Å². The number of rotatable bonds is 1. The monoisotopic (exact) mass is 277 g/mol. The topological polar surface area (TPSA) is 53.6 Å². The number of aromatic nitrogens is 1. The number of para-hydroxylation sites is 2. The highest BCUT2D eigenvalue weighted by Crippen LogP contribution is 2.35. The van der Waals surface area contributed by atoms with Gasteiger partial charge in [0.25, 0.3) is 4.84 Å². The first-order valence-electron chi connectivity index (χ1n) is 6.14. The van der Waals surface area contributed by atoms with Crippen molar-refractivity contribution in [1.82, 2.24) is 4.57 Å². The molecule has 0 unspecified atom stereocenters. The van der Waals surface area contributed by atoms with Gasteiger partial charge < -0.3 is 13.9 Å². The van der Waals surface area contributed by atoms with Crippen molar-refractivity contribution >= 4 is 29.1 Å². The quantitative estimate of drug-likeness (QED) is 0.748. The fraction of sp³-hybridized carbons (Fsp3) is 0.385. The molecule has 2 fully saturated rings. The number of benzene rings is 1. The van der Waals surface area contributed by atoms with Crippen LogP contribution in [0.15, 0.2) is 28.7 Å². The van der Waals surface area contributed by atoms with Crippen molar-refractivity contribution in [2.24, 2.45) is 0 Å². The number of carbonyl (C=O) groups excluding carboxylic acids is 1. The minimum atomic E-state index is -0.686. The van der Waals surface area contributed by atoms with Gasteiger partial charge in [0.15, 0.2) is 11.4 Å². The summed E-state index contributed by atoms with van der Waals surface area (Å²) in [5.74, 6) is -0.0362. The highest BCUT2D eigenvalue weighted by atomic mass is 32.1. The van der Waals surface area contributed by atoms with Crippen LogP contribution in [0.25, 0.3) is 11.1 Å². The maximum Gasteiger partial charge on any atom is 0.269 e. The first-order chi connectivity index (χ1) is 9.24. The number of ketones is 1. The number of oxazole rings is 1. The van der Waals surface area contributed by atoms with Crippen LogP contribution < -0.4 is 0 Å². The van der Waals surface area contributed by atoms with Gasteiger partial charge in [-0.25, -0.2) is 0 Å². The van der Waals surface area contributed by atoms with E-state index in [4.69, 9.17) is 26.1 Å². The van der Waals surface area contributed by atoms with Crippen LogP contribution in [0.3, 0.4) is 0 Å². The summed E-state index contributed by atoms with van der Waals surface area (Å²) in [6.07, 6.45) is -0.461. The highest BCUT2D eigenvalue weighted by Gasteiger charge is 2.44. The predicted octanol–water partition coefficient (Wildman–Crippen LogP) is 2.22. The minimum absolute atomic E-state index is 0.0362. The first kappa shape index (κ1) is 11.3. The van der Waals surface area contributed by atoms with Crippen molar-refractivity contribution in [2.75, 3.05) is 6.61 Å². The van der Waals surface area contributed by atoms with E-state index >= 15 is 0 Å². The molecular weight excluding hydrogens is 266 g/mol. The van der Waals surface area contributed by atoms with Crippen LogP contribution in [0.2, 0.25) is 0 Å². The molecule has 6 heteroatoms. The lowest BCUT2D eigenvalue weighted by atomic mass is 10.0. The van der Waals surface area contributed by atoms with E-state index in [2.05, 4.69) is 0 Å². The number of nitrogens with zero attached hydrogens (tertiary/aromatic N) is 1. The number of hydrogen-bond donors (Lipinski definition) is 0. The Morgan fingerprint density at radius 3 is 3.05 bits per heavy atom. The van der Waals surface area contributed by atoms with Gasteiger partial charge in [-0.1, -0.05) is 12.1 Å². The van der Waals surface area contributed by atoms with Crippen LogP contribution in [0.1, 0.15) is 12.5 Å². The SMILES string of the molecule is O=C1C[C@@H](n2c(=S)oc3ccccc32)[C@H]2CO[C@H]1O2. The Labute approximate surface area is 113 Å². The van der Waals surface area contributed by atoms with Gasteiger partial charge in [-0.05, 0) is 24.4 Å². The Kier molecular flexibility index (Phi) is 2.38. The second kappa shape index (κ2) is 4.00. The molecule has 0 amide bonds. The van der Waals surface area contributed by atoms with E-state index in [1.807, 2.05) is 28.8 Å². The van der Waals surface area contributed by atoms with Crippen LogP contribution in [-0.2, 0) is 14.3 Å². The largest absolute Gasteiger partial charge is 0.429 e. The van der Waals surface area contributed by atoms with Gasteiger partial charge in [-0.2, -0.15) is 0 Å². The lowest BCUT2D eigenvalue weighted by Crippen LogP contribution is -2.36. The summed E-state index contributed by atoms with van der Waals surface area (Å²) in [7, 11) is 0. The van der Waals surface area contributed by atoms with Crippen LogP contribution in [0, 0.1) is 4.84 Å². The molecule has 2 aliphatic heterocycles. The molecule has 3 atom stereocenters. The molecule has 0 aliphatic carbocycles. The van der Waals surface area contributed by atoms with E-state index in [0.717, 1.165) is 11.1 Å². The molecule has 2 aromatic rings. The molecule has 2 bridgehead atoms. The number of Topliss-reactive ketones (excluding diaryl/α,β-unsaturated/α-hetero) is 1. The average molecular weight is 277 g/mol. The van der Waals surface area contributed by atoms with Gasteiger partial charge in [0.2, 0.25) is 6.29 Å². The van der Waals surface area contributed by atoms with Crippen molar-refractivity contribution in [3.63, 3.8) is 0 Å². The van der Waals surface area contributed by atoms with Crippen molar-refractivity contribution in [2.45, 2.75) is 24.9 Å². The van der Waals surface area contributed by atoms with Crippen molar-refractivity contribution in [3.8, 4) is 0 Å². The third kappa shape index (κ3) is 1.60. The van der Waals surface area contributed by atoms with Gasteiger partial charge in [-0.3, -0.25) is 9.36 Å². The molecule has 0 N–H and O–H groups in total. The fourth-order valence-corrected chi connectivity index (χ4v) is 3.10. The number of ether oxygens (including phenoxy) is 2. The van der Waals surface area contributed by atoms with E-state index < -0.39 is 6.29 Å². The second-order valence-electron chi connectivity index (χ2n) is 4.78. The van der Waals surface area contributed by atoms with Gasteiger partial charge in [0, 0.05) is 6.42 Å². The molecule has 0 radical (unpaired) electrons. The van der Waals surface area contributed by atoms with E-state index in [-0.39, 0.29) is 17.9 Å². The van der Waals surface area contributed by atoms with Crippen LogP contribution in [-0.4, -0.2) is 29.4 Å². The Hall–Kier alpha value is -1.50. The molecular formula is C13H11NO4S. The normalized spacial score (nSPS) is 30.1. The predicted molar refractivity (Wildman–Crippen MR) is 68.3 cm³/mol. The summed E-state index contributed by atoms with van der Waals surface area (Å²) in [6.45, 7) is 0.419. The van der Waals surface area contributed by atoms with E-state index in [0.29, 0.717) is 17.9 Å². The molecule has 4 rings (SSSR count). The van der Waals surface area contributed by atoms with Crippen molar-refractivity contribution in [1.29, 1.82) is 0 Å². The summed E-state index contributed by atoms with van der Waals surface area (Å²) in [5.41, 5.74) is 1.61. The zero-order chi connectivity index (χ0) is 13.0. The lowest BCUT2D eigenvalue weighted by molar-refractivity contribution is -0.156. The van der Waals surface area contributed by atoms with E-state index in [1.165, 1.54) is 0 Å². The minimum Gasteiger partial charge on any atom is -0.429 e. The van der Waals surface area contributed by atoms with E-state index in [9.17, 15) is 4.79 Å². The van der Waals surface area contributed by atoms with Crippen LogP contribution in [0.4, 0.5) is 0 Å². The highest BCUT2D eigenvalue weighted by molar-refractivity contribution is 7.71.